The van der Waals surface area contributed by atoms with Gasteiger partial charge in [-0.15, -0.1) is 24.0 Å². The van der Waals surface area contributed by atoms with Gasteiger partial charge in [0.2, 0.25) is 5.88 Å². The Kier molecular flexibility index (Phi) is 8.64. The number of guanidine groups is 1. The summed E-state index contributed by atoms with van der Waals surface area (Å²) >= 11 is 1.73. The van der Waals surface area contributed by atoms with Crippen LogP contribution in [0.15, 0.2) is 40.1 Å². The summed E-state index contributed by atoms with van der Waals surface area (Å²) in [6, 6.07) is 6.17. The predicted molar refractivity (Wildman–Crippen MR) is 119 cm³/mol. The zero-order valence-electron chi connectivity index (χ0n) is 15.3. The van der Waals surface area contributed by atoms with Gasteiger partial charge in [0.15, 0.2) is 5.96 Å². The van der Waals surface area contributed by atoms with Crippen molar-refractivity contribution in [2.24, 2.45) is 10.9 Å². The highest BCUT2D eigenvalue weighted by Crippen LogP contribution is 2.29. The Hall–Kier alpha value is -1.35. The first kappa shape index (κ1) is 21.0. The van der Waals surface area contributed by atoms with E-state index in [9.17, 15) is 0 Å². The molecule has 2 aromatic rings. The van der Waals surface area contributed by atoms with Crippen LogP contribution in [0.5, 0.6) is 5.88 Å². The third-order valence-electron chi connectivity index (χ3n) is 4.33. The Morgan fingerprint density at radius 2 is 2.23 bits per heavy atom. The van der Waals surface area contributed by atoms with E-state index < -0.39 is 0 Å². The maximum absolute atomic E-state index is 5.74. The second-order valence-electron chi connectivity index (χ2n) is 6.52. The number of hydrogen-bond donors (Lipinski definition) is 2. The van der Waals surface area contributed by atoms with E-state index in [1.807, 2.05) is 12.1 Å². The van der Waals surface area contributed by atoms with Crippen molar-refractivity contribution in [3.8, 4) is 5.88 Å². The molecule has 2 N–H and O–H groups in total. The van der Waals surface area contributed by atoms with E-state index in [-0.39, 0.29) is 24.0 Å². The molecule has 0 bridgehead atoms. The van der Waals surface area contributed by atoms with Gasteiger partial charge in [-0.2, -0.15) is 11.3 Å². The highest BCUT2D eigenvalue weighted by Gasteiger charge is 2.22. The second kappa shape index (κ2) is 10.7. The van der Waals surface area contributed by atoms with Crippen LogP contribution < -0.4 is 15.4 Å². The maximum Gasteiger partial charge on any atom is 0.213 e. The van der Waals surface area contributed by atoms with Gasteiger partial charge in [-0.05, 0) is 58.7 Å². The largest absolute Gasteiger partial charge is 0.477 e. The van der Waals surface area contributed by atoms with Gasteiger partial charge in [0.25, 0.3) is 0 Å². The summed E-state index contributed by atoms with van der Waals surface area (Å²) in [6.45, 7) is 4.54. The van der Waals surface area contributed by atoms with Gasteiger partial charge in [-0.1, -0.05) is 6.92 Å². The van der Waals surface area contributed by atoms with Crippen LogP contribution in [0.3, 0.4) is 0 Å². The number of aromatic nitrogens is 1. The molecule has 3 rings (SSSR count). The van der Waals surface area contributed by atoms with Gasteiger partial charge < -0.3 is 15.4 Å². The van der Waals surface area contributed by atoms with Crippen LogP contribution in [0.2, 0.25) is 0 Å². The summed E-state index contributed by atoms with van der Waals surface area (Å²) in [6.07, 6.45) is 4.37. The fraction of sp³-hybridized carbons (Fsp3) is 0.474. The van der Waals surface area contributed by atoms with E-state index in [2.05, 4.69) is 44.4 Å². The molecule has 26 heavy (non-hydrogen) atoms. The van der Waals surface area contributed by atoms with Crippen molar-refractivity contribution >= 4 is 41.3 Å². The molecule has 142 valence electrons. The number of pyridine rings is 1. The molecule has 0 spiro atoms. The van der Waals surface area contributed by atoms with Crippen LogP contribution >= 0.6 is 35.3 Å². The molecule has 0 aliphatic heterocycles. The van der Waals surface area contributed by atoms with Gasteiger partial charge in [0.05, 0.1) is 6.61 Å². The van der Waals surface area contributed by atoms with Gasteiger partial charge in [0, 0.05) is 32.4 Å². The van der Waals surface area contributed by atoms with Crippen molar-refractivity contribution in [2.75, 3.05) is 20.2 Å². The van der Waals surface area contributed by atoms with Crippen molar-refractivity contribution in [1.82, 2.24) is 15.6 Å². The minimum atomic E-state index is 0. The third-order valence-corrected chi connectivity index (χ3v) is 5.04. The lowest BCUT2D eigenvalue weighted by atomic mass is 10.1. The van der Waals surface area contributed by atoms with Gasteiger partial charge >= 0.3 is 0 Å². The molecule has 2 heterocycles. The molecule has 1 aliphatic carbocycles. The summed E-state index contributed by atoms with van der Waals surface area (Å²) in [4.78, 5) is 8.58. The van der Waals surface area contributed by atoms with Gasteiger partial charge in [0.1, 0.15) is 0 Å². The predicted octanol–water partition coefficient (Wildman–Crippen LogP) is 4.02. The van der Waals surface area contributed by atoms with Crippen LogP contribution in [-0.4, -0.2) is 31.1 Å². The van der Waals surface area contributed by atoms with Crippen LogP contribution in [0.4, 0.5) is 0 Å². The lowest BCUT2D eigenvalue weighted by Gasteiger charge is -2.15. The van der Waals surface area contributed by atoms with Crippen molar-refractivity contribution in [3.63, 3.8) is 0 Å². The Labute approximate surface area is 176 Å². The number of ether oxygens (including phenoxy) is 1. The average molecular weight is 486 g/mol. The van der Waals surface area contributed by atoms with E-state index in [0.29, 0.717) is 18.3 Å². The zero-order valence-corrected chi connectivity index (χ0v) is 18.4. The molecule has 1 atom stereocenters. The highest BCUT2D eigenvalue weighted by atomic mass is 127. The average Bonchev–Trinajstić information content (AvgIpc) is 3.31. The van der Waals surface area contributed by atoms with Crippen LogP contribution in [-0.2, 0) is 6.54 Å². The minimum Gasteiger partial charge on any atom is -0.477 e. The van der Waals surface area contributed by atoms with Crippen molar-refractivity contribution in [3.05, 3.63) is 46.3 Å². The van der Waals surface area contributed by atoms with Gasteiger partial charge in [-0.3, -0.25) is 4.99 Å². The number of aliphatic imine (C=N–C) groups is 1. The quantitative estimate of drug-likeness (QED) is 0.336. The van der Waals surface area contributed by atoms with Crippen LogP contribution in [0, 0.1) is 5.92 Å². The normalized spacial score (nSPS) is 15.1. The molecule has 2 aromatic heterocycles. The molecule has 0 radical (unpaired) electrons. The molecular formula is C19H27IN4OS. The molecule has 0 aromatic carbocycles. The number of hydrogen-bond acceptors (Lipinski definition) is 4. The molecule has 1 fully saturated rings. The van der Waals surface area contributed by atoms with E-state index in [1.54, 1.807) is 24.6 Å². The standard InChI is InChI=1S/C19H26N4OS.HI/c1-14(17-6-8-25-13-17)10-22-19(20-2)23-11-16-5-7-21-18(9-16)24-12-15-3-4-15;/h5-9,13-15H,3-4,10-12H2,1-2H3,(H2,20,22,23);1H. The molecule has 1 unspecified atom stereocenters. The Bertz CT molecular complexity index is 689. The van der Waals surface area contributed by atoms with Crippen molar-refractivity contribution in [1.29, 1.82) is 0 Å². The summed E-state index contributed by atoms with van der Waals surface area (Å²) in [5.41, 5.74) is 2.49. The smallest absolute Gasteiger partial charge is 0.213 e. The summed E-state index contributed by atoms with van der Waals surface area (Å²) in [7, 11) is 1.79. The number of nitrogens with zero attached hydrogens (tertiary/aromatic N) is 2. The molecule has 1 aliphatic rings. The molecular weight excluding hydrogens is 459 g/mol. The van der Waals surface area contributed by atoms with E-state index in [0.717, 1.165) is 30.6 Å². The monoisotopic (exact) mass is 486 g/mol. The highest BCUT2D eigenvalue weighted by molar-refractivity contribution is 14.0. The van der Waals surface area contributed by atoms with Gasteiger partial charge in [-0.25, -0.2) is 4.98 Å². The second-order valence-corrected chi connectivity index (χ2v) is 7.30. The summed E-state index contributed by atoms with van der Waals surface area (Å²) in [5, 5.41) is 11.0. The van der Waals surface area contributed by atoms with E-state index in [4.69, 9.17) is 4.74 Å². The Morgan fingerprint density at radius 3 is 2.92 bits per heavy atom. The Morgan fingerprint density at radius 1 is 1.38 bits per heavy atom. The van der Waals surface area contributed by atoms with Crippen molar-refractivity contribution < 1.29 is 4.74 Å². The lowest BCUT2D eigenvalue weighted by molar-refractivity contribution is 0.288. The minimum absolute atomic E-state index is 0. The zero-order chi connectivity index (χ0) is 17.5. The van der Waals surface area contributed by atoms with E-state index in [1.165, 1.54) is 18.4 Å². The first-order chi connectivity index (χ1) is 12.2. The molecule has 0 saturated heterocycles. The SMILES string of the molecule is CN=C(NCc1ccnc(OCC2CC2)c1)NCC(C)c1ccsc1.I. The lowest BCUT2D eigenvalue weighted by Crippen LogP contribution is -2.38. The maximum atomic E-state index is 5.74. The first-order valence-corrected chi connectivity index (χ1v) is 9.73. The summed E-state index contributed by atoms with van der Waals surface area (Å²) in [5.74, 6) is 2.70. The molecule has 1 saturated carbocycles. The topological polar surface area (TPSA) is 58.5 Å². The molecule has 5 nitrogen and oxygen atoms in total. The fourth-order valence-corrected chi connectivity index (χ4v) is 3.24. The number of halogens is 1. The summed E-state index contributed by atoms with van der Waals surface area (Å²) < 4.78 is 5.74. The molecule has 0 amide bonds. The van der Waals surface area contributed by atoms with Crippen molar-refractivity contribution in [2.45, 2.75) is 32.2 Å². The fourth-order valence-electron chi connectivity index (χ4n) is 2.46. The number of thiophene rings is 1. The third kappa shape index (κ3) is 6.75. The van der Waals surface area contributed by atoms with Crippen LogP contribution in [0.1, 0.15) is 36.8 Å². The van der Waals surface area contributed by atoms with Crippen LogP contribution in [0.25, 0.3) is 0 Å². The number of rotatable bonds is 8. The molecule has 7 heteroatoms. The van der Waals surface area contributed by atoms with E-state index >= 15 is 0 Å². The Balaban J connectivity index is 0.00000243. The number of nitrogens with one attached hydrogen (secondary N) is 2. The first-order valence-electron chi connectivity index (χ1n) is 8.79.